The number of halogens is 2. The number of benzene rings is 1. The molecule has 0 saturated carbocycles. The van der Waals surface area contributed by atoms with Crippen LogP contribution in [0.4, 0.5) is 0 Å². The van der Waals surface area contributed by atoms with Crippen LogP contribution >= 0.6 is 23.2 Å². The van der Waals surface area contributed by atoms with Crippen LogP contribution in [0.1, 0.15) is 19.0 Å². The van der Waals surface area contributed by atoms with Gasteiger partial charge in [-0.25, -0.2) is 4.98 Å². The topological polar surface area (TPSA) is 47.0 Å². The van der Waals surface area contributed by atoms with Crippen LogP contribution in [0.2, 0.25) is 10.0 Å². The summed E-state index contributed by atoms with van der Waals surface area (Å²) >= 11 is 11.9. The normalized spacial score (nSPS) is 10.6. The molecule has 0 bridgehead atoms. The molecule has 1 aromatic heterocycles. The Morgan fingerprint density at radius 2 is 2.10 bits per heavy atom. The molecule has 0 aliphatic heterocycles. The SMILES string of the molecule is CCCNCc1cncc(Oc2ccc(Cl)cc2Cl)n1. The van der Waals surface area contributed by atoms with Gasteiger partial charge in [0.25, 0.3) is 0 Å². The van der Waals surface area contributed by atoms with Crippen LogP contribution in [-0.4, -0.2) is 16.5 Å². The standard InChI is InChI=1S/C14H15Cl2N3O/c1-2-5-17-7-11-8-18-9-14(19-11)20-13-4-3-10(15)6-12(13)16/h3-4,6,8-9,17H,2,5,7H2,1H3. The summed E-state index contributed by atoms with van der Waals surface area (Å²) in [6.07, 6.45) is 4.33. The molecule has 2 rings (SSSR count). The molecule has 0 amide bonds. The molecule has 0 aliphatic rings. The van der Waals surface area contributed by atoms with Gasteiger partial charge in [-0.15, -0.1) is 0 Å². The van der Waals surface area contributed by atoms with Gasteiger partial charge in [-0.05, 0) is 31.2 Å². The van der Waals surface area contributed by atoms with Gasteiger partial charge in [-0.1, -0.05) is 30.1 Å². The molecule has 1 N–H and O–H groups in total. The number of nitrogens with one attached hydrogen (secondary N) is 1. The van der Waals surface area contributed by atoms with Crippen molar-refractivity contribution >= 4 is 23.2 Å². The van der Waals surface area contributed by atoms with Gasteiger partial charge in [0.15, 0.2) is 0 Å². The van der Waals surface area contributed by atoms with E-state index in [4.69, 9.17) is 27.9 Å². The lowest BCUT2D eigenvalue weighted by atomic mass is 10.3. The van der Waals surface area contributed by atoms with E-state index in [0.29, 0.717) is 28.2 Å². The zero-order valence-electron chi connectivity index (χ0n) is 11.1. The molecule has 0 atom stereocenters. The first-order valence-electron chi connectivity index (χ1n) is 6.33. The smallest absolute Gasteiger partial charge is 0.238 e. The fraction of sp³-hybridized carbons (Fsp3) is 0.286. The lowest BCUT2D eigenvalue weighted by Crippen LogP contribution is -2.15. The van der Waals surface area contributed by atoms with E-state index in [1.54, 1.807) is 30.6 Å². The van der Waals surface area contributed by atoms with Crippen molar-refractivity contribution in [2.45, 2.75) is 19.9 Å². The zero-order chi connectivity index (χ0) is 14.4. The third kappa shape index (κ3) is 4.34. The van der Waals surface area contributed by atoms with Crippen molar-refractivity contribution in [2.24, 2.45) is 0 Å². The number of ether oxygens (including phenoxy) is 1. The second-order valence-electron chi connectivity index (χ2n) is 4.20. The Kier molecular flexibility index (Phi) is 5.59. The first kappa shape index (κ1) is 15.0. The van der Waals surface area contributed by atoms with E-state index in [2.05, 4.69) is 22.2 Å². The molecule has 2 aromatic rings. The third-order valence-corrected chi connectivity index (χ3v) is 3.03. The number of rotatable bonds is 6. The maximum absolute atomic E-state index is 6.05. The van der Waals surface area contributed by atoms with Gasteiger partial charge in [0, 0.05) is 17.8 Å². The number of hydrogen-bond donors (Lipinski definition) is 1. The predicted octanol–water partition coefficient (Wildman–Crippen LogP) is 4.08. The second-order valence-corrected chi connectivity index (χ2v) is 5.05. The quantitative estimate of drug-likeness (QED) is 0.817. The minimum absolute atomic E-state index is 0.407. The number of nitrogens with zero attached hydrogens (tertiary/aromatic N) is 2. The van der Waals surface area contributed by atoms with Crippen LogP contribution in [0.3, 0.4) is 0 Å². The molecule has 1 aromatic carbocycles. The molecule has 0 unspecified atom stereocenters. The molecule has 106 valence electrons. The van der Waals surface area contributed by atoms with Crippen LogP contribution in [0.25, 0.3) is 0 Å². The fourth-order valence-corrected chi connectivity index (χ4v) is 2.03. The maximum atomic E-state index is 6.05. The maximum Gasteiger partial charge on any atom is 0.238 e. The van der Waals surface area contributed by atoms with Crippen molar-refractivity contribution in [2.75, 3.05) is 6.54 Å². The molecule has 6 heteroatoms. The Balaban J connectivity index is 2.07. The van der Waals surface area contributed by atoms with Crippen molar-refractivity contribution in [1.29, 1.82) is 0 Å². The van der Waals surface area contributed by atoms with E-state index in [1.165, 1.54) is 0 Å². The monoisotopic (exact) mass is 311 g/mol. The Bertz CT molecular complexity index is 578. The van der Waals surface area contributed by atoms with Gasteiger partial charge in [-0.3, -0.25) is 4.98 Å². The minimum Gasteiger partial charge on any atom is -0.436 e. The summed E-state index contributed by atoms with van der Waals surface area (Å²) in [5.74, 6) is 0.911. The first-order valence-corrected chi connectivity index (χ1v) is 7.09. The van der Waals surface area contributed by atoms with Gasteiger partial charge in [0.2, 0.25) is 5.88 Å². The van der Waals surface area contributed by atoms with Gasteiger partial charge in [0.05, 0.1) is 16.9 Å². The molecule has 1 heterocycles. The van der Waals surface area contributed by atoms with Crippen LogP contribution in [0, 0.1) is 0 Å². The van der Waals surface area contributed by atoms with Crippen molar-refractivity contribution < 1.29 is 4.74 Å². The highest BCUT2D eigenvalue weighted by Gasteiger charge is 2.06. The molecule has 0 saturated heterocycles. The molecule has 0 spiro atoms. The van der Waals surface area contributed by atoms with Crippen LogP contribution in [0.5, 0.6) is 11.6 Å². The summed E-state index contributed by atoms with van der Waals surface area (Å²) in [5, 5.41) is 4.26. The van der Waals surface area contributed by atoms with Crippen molar-refractivity contribution in [3.05, 3.63) is 46.3 Å². The van der Waals surface area contributed by atoms with Crippen LogP contribution < -0.4 is 10.1 Å². The molecular weight excluding hydrogens is 297 g/mol. The van der Waals surface area contributed by atoms with Gasteiger partial charge in [0.1, 0.15) is 5.75 Å². The molecule has 4 nitrogen and oxygen atoms in total. The van der Waals surface area contributed by atoms with Gasteiger partial charge >= 0.3 is 0 Å². The predicted molar refractivity (Wildman–Crippen MR) is 80.6 cm³/mol. The highest BCUT2D eigenvalue weighted by molar-refractivity contribution is 6.35. The molecule has 20 heavy (non-hydrogen) atoms. The molecule has 0 aliphatic carbocycles. The average Bonchev–Trinajstić information content (AvgIpc) is 2.43. The van der Waals surface area contributed by atoms with Crippen LogP contribution in [0.15, 0.2) is 30.6 Å². The molecule has 0 fully saturated rings. The Morgan fingerprint density at radius 1 is 1.25 bits per heavy atom. The van der Waals surface area contributed by atoms with Gasteiger partial charge < -0.3 is 10.1 Å². The lowest BCUT2D eigenvalue weighted by Gasteiger charge is -2.08. The van der Waals surface area contributed by atoms with E-state index >= 15 is 0 Å². The summed E-state index contributed by atoms with van der Waals surface area (Å²) in [7, 11) is 0. The Hall–Kier alpha value is -1.36. The highest BCUT2D eigenvalue weighted by atomic mass is 35.5. The summed E-state index contributed by atoms with van der Waals surface area (Å²) in [6, 6.07) is 5.04. The van der Waals surface area contributed by atoms with Crippen LogP contribution in [-0.2, 0) is 6.54 Å². The second kappa shape index (κ2) is 7.43. The van der Waals surface area contributed by atoms with Gasteiger partial charge in [-0.2, -0.15) is 0 Å². The molecular formula is C14H15Cl2N3O. The Labute approximate surface area is 128 Å². The average molecular weight is 312 g/mol. The largest absolute Gasteiger partial charge is 0.436 e. The van der Waals surface area contributed by atoms with E-state index in [0.717, 1.165) is 18.7 Å². The summed E-state index contributed by atoms with van der Waals surface area (Å²) in [4.78, 5) is 8.47. The zero-order valence-corrected chi connectivity index (χ0v) is 12.6. The van der Waals surface area contributed by atoms with E-state index in [9.17, 15) is 0 Å². The summed E-state index contributed by atoms with van der Waals surface area (Å²) in [6.45, 7) is 3.71. The fourth-order valence-electron chi connectivity index (χ4n) is 1.58. The van der Waals surface area contributed by atoms with E-state index in [1.807, 2.05) is 0 Å². The third-order valence-electron chi connectivity index (χ3n) is 2.50. The van der Waals surface area contributed by atoms with Crippen molar-refractivity contribution in [3.8, 4) is 11.6 Å². The lowest BCUT2D eigenvalue weighted by molar-refractivity contribution is 0.456. The first-order chi connectivity index (χ1) is 9.69. The van der Waals surface area contributed by atoms with Crippen molar-refractivity contribution in [3.63, 3.8) is 0 Å². The van der Waals surface area contributed by atoms with E-state index in [-0.39, 0.29) is 0 Å². The molecule has 0 radical (unpaired) electrons. The number of hydrogen-bond acceptors (Lipinski definition) is 4. The number of aromatic nitrogens is 2. The minimum atomic E-state index is 0.407. The van der Waals surface area contributed by atoms with Crippen molar-refractivity contribution in [1.82, 2.24) is 15.3 Å². The summed E-state index contributed by atoms with van der Waals surface area (Å²) in [5.41, 5.74) is 0.820. The highest BCUT2D eigenvalue weighted by Crippen LogP contribution is 2.30. The summed E-state index contributed by atoms with van der Waals surface area (Å²) < 4.78 is 5.62. The Morgan fingerprint density at radius 3 is 2.85 bits per heavy atom. The van der Waals surface area contributed by atoms with E-state index < -0.39 is 0 Å².